The molecule has 0 spiro atoms. The van der Waals surface area contributed by atoms with E-state index in [1.54, 1.807) is 12.1 Å². The summed E-state index contributed by atoms with van der Waals surface area (Å²) in [7, 11) is 0. The molecular formula is C21H20F3N3O2. The Bertz CT molecular complexity index is 1020. The first-order chi connectivity index (χ1) is 13.7. The number of amides is 1. The van der Waals surface area contributed by atoms with Crippen molar-refractivity contribution in [2.45, 2.75) is 32.4 Å². The van der Waals surface area contributed by atoms with Gasteiger partial charge in [0.05, 0.1) is 11.3 Å². The number of ketones is 1. The van der Waals surface area contributed by atoms with Gasteiger partial charge in [0.2, 0.25) is 5.91 Å². The molecule has 0 aliphatic rings. The number of nitrogens with one attached hydrogen (secondary N) is 1. The molecule has 0 aliphatic carbocycles. The number of Topliss-reactive ketones (excluding diaryl/α,β-unsaturated/α-hetero) is 1. The number of carbonyl (C=O) groups excluding carboxylic acids is 2. The van der Waals surface area contributed by atoms with E-state index in [4.69, 9.17) is 0 Å². The van der Waals surface area contributed by atoms with Gasteiger partial charge < -0.3 is 9.72 Å². The van der Waals surface area contributed by atoms with E-state index >= 15 is 0 Å². The van der Waals surface area contributed by atoms with E-state index in [1.807, 2.05) is 19.1 Å². The summed E-state index contributed by atoms with van der Waals surface area (Å²) in [4.78, 5) is 28.3. The van der Waals surface area contributed by atoms with E-state index in [2.05, 4.69) is 10.3 Å². The van der Waals surface area contributed by atoms with Gasteiger partial charge in [-0.25, -0.2) is 4.98 Å². The molecule has 0 radical (unpaired) electrons. The monoisotopic (exact) mass is 403 g/mol. The van der Waals surface area contributed by atoms with Gasteiger partial charge in [-0.3, -0.25) is 9.59 Å². The number of aryl methyl sites for hydroxylation is 1. The number of rotatable bonds is 7. The van der Waals surface area contributed by atoms with Gasteiger partial charge in [0.15, 0.2) is 5.78 Å². The minimum atomic E-state index is -4.41. The van der Waals surface area contributed by atoms with Crippen molar-refractivity contribution < 1.29 is 22.8 Å². The van der Waals surface area contributed by atoms with Crippen molar-refractivity contribution in [3.63, 3.8) is 0 Å². The number of fused-ring (bicyclic) bond motifs is 1. The highest BCUT2D eigenvalue weighted by Gasteiger charge is 2.30. The van der Waals surface area contributed by atoms with E-state index in [1.165, 1.54) is 16.7 Å². The predicted molar refractivity (Wildman–Crippen MR) is 102 cm³/mol. The Morgan fingerprint density at radius 1 is 1.03 bits per heavy atom. The van der Waals surface area contributed by atoms with Gasteiger partial charge in [0, 0.05) is 43.8 Å². The summed E-state index contributed by atoms with van der Waals surface area (Å²) < 4.78 is 39.6. The Hall–Kier alpha value is -3.16. The zero-order valence-corrected chi connectivity index (χ0v) is 15.8. The highest BCUT2D eigenvalue weighted by atomic mass is 19.4. The lowest BCUT2D eigenvalue weighted by atomic mass is 10.1. The van der Waals surface area contributed by atoms with Crippen LogP contribution in [0, 0.1) is 6.92 Å². The van der Waals surface area contributed by atoms with Gasteiger partial charge >= 0.3 is 6.18 Å². The van der Waals surface area contributed by atoms with Gasteiger partial charge in [-0.2, -0.15) is 13.2 Å². The lowest BCUT2D eigenvalue weighted by Crippen LogP contribution is -2.26. The van der Waals surface area contributed by atoms with Crippen LogP contribution in [0.1, 0.15) is 40.0 Å². The normalized spacial score (nSPS) is 11.6. The van der Waals surface area contributed by atoms with E-state index in [0.717, 1.165) is 17.8 Å². The summed E-state index contributed by atoms with van der Waals surface area (Å²) >= 11 is 0. The van der Waals surface area contributed by atoms with Gasteiger partial charge in [-0.05, 0) is 19.1 Å². The maximum atomic E-state index is 12.8. The Labute approximate surface area is 165 Å². The van der Waals surface area contributed by atoms with Crippen molar-refractivity contribution in [3.05, 3.63) is 71.2 Å². The van der Waals surface area contributed by atoms with Crippen LogP contribution in [0.3, 0.4) is 0 Å². The number of alkyl halides is 3. The predicted octanol–water partition coefficient (Wildman–Crippen LogP) is 3.98. The minimum Gasteiger partial charge on any atom is -0.356 e. The molecule has 1 aromatic carbocycles. The van der Waals surface area contributed by atoms with E-state index in [9.17, 15) is 22.8 Å². The molecule has 5 nitrogen and oxygen atoms in total. The molecule has 2 heterocycles. The second-order valence-corrected chi connectivity index (χ2v) is 6.80. The highest BCUT2D eigenvalue weighted by Crippen LogP contribution is 2.29. The molecule has 1 N–H and O–H groups in total. The third-order valence-electron chi connectivity index (χ3n) is 4.48. The second kappa shape index (κ2) is 8.46. The molecular weight excluding hydrogens is 383 g/mol. The van der Waals surface area contributed by atoms with E-state index in [-0.39, 0.29) is 31.1 Å². The SMILES string of the molecule is Cc1ccc(C(=O)CCC(=O)NCCc2cn3cc(C(F)(F)F)ccc3n2)cc1. The van der Waals surface area contributed by atoms with Crippen LogP contribution in [-0.2, 0) is 17.4 Å². The topological polar surface area (TPSA) is 63.5 Å². The van der Waals surface area contributed by atoms with Crippen LogP contribution in [0.4, 0.5) is 13.2 Å². The molecule has 1 amide bonds. The summed E-state index contributed by atoms with van der Waals surface area (Å²) in [6, 6.07) is 9.46. The third kappa shape index (κ3) is 5.43. The molecule has 3 rings (SSSR count). The maximum absolute atomic E-state index is 12.8. The number of pyridine rings is 1. The molecule has 0 unspecified atom stereocenters. The molecule has 29 heavy (non-hydrogen) atoms. The van der Waals surface area contributed by atoms with Crippen molar-refractivity contribution in [3.8, 4) is 0 Å². The molecule has 8 heteroatoms. The fourth-order valence-corrected chi connectivity index (χ4v) is 2.86. The Kier molecular flexibility index (Phi) is 6.00. The lowest BCUT2D eigenvalue weighted by Gasteiger charge is -2.05. The molecule has 0 saturated heterocycles. The van der Waals surface area contributed by atoms with Gasteiger partial charge in [0.1, 0.15) is 5.65 Å². The van der Waals surface area contributed by atoms with Crippen molar-refractivity contribution in [1.29, 1.82) is 0 Å². The van der Waals surface area contributed by atoms with Crippen LogP contribution in [0.15, 0.2) is 48.8 Å². The molecule has 0 atom stereocenters. The largest absolute Gasteiger partial charge is 0.417 e. The van der Waals surface area contributed by atoms with Crippen LogP contribution >= 0.6 is 0 Å². The third-order valence-corrected chi connectivity index (χ3v) is 4.48. The van der Waals surface area contributed by atoms with E-state index < -0.39 is 11.7 Å². The molecule has 0 fully saturated rings. The van der Waals surface area contributed by atoms with Crippen LogP contribution in [0.25, 0.3) is 5.65 Å². The fraction of sp³-hybridized carbons (Fsp3) is 0.286. The average molecular weight is 403 g/mol. The summed E-state index contributed by atoms with van der Waals surface area (Å²) in [6.45, 7) is 2.22. The number of hydrogen-bond donors (Lipinski definition) is 1. The second-order valence-electron chi connectivity index (χ2n) is 6.80. The Morgan fingerprint density at radius 2 is 1.76 bits per heavy atom. The molecule has 152 valence electrons. The summed E-state index contributed by atoms with van der Waals surface area (Å²) in [5, 5.41) is 2.71. The lowest BCUT2D eigenvalue weighted by molar-refractivity contribution is -0.137. The van der Waals surface area contributed by atoms with Gasteiger partial charge in [-0.15, -0.1) is 0 Å². The minimum absolute atomic E-state index is 0.0762. The van der Waals surface area contributed by atoms with Crippen molar-refractivity contribution in [2.24, 2.45) is 0 Å². The maximum Gasteiger partial charge on any atom is 0.417 e. The molecule has 0 bridgehead atoms. The first-order valence-electron chi connectivity index (χ1n) is 9.14. The Morgan fingerprint density at radius 3 is 2.45 bits per heavy atom. The number of aromatic nitrogens is 2. The number of hydrogen-bond acceptors (Lipinski definition) is 3. The summed E-state index contributed by atoms with van der Waals surface area (Å²) in [5.74, 6) is -0.352. The van der Waals surface area contributed by atoms with Crippen molar-refractivity contribution in [1.82, 2.24) is 14.7 Å². The zero-order chi connectivity index (χ0) is 21.0. The summed E-state index contributed by atoms with van der Waals surface area (Å²) in [5.41, 5.74) is 1.86. The number of benzene rings is 1. The average Bonchev–Trinajstić information content (AvgIpc) is 3.08. The van der Waals surface area contributed by atoms with Gasteiger partial charge in [-0.1, -0.05) is 29.8 Å². The van der Waals surface area contributed by atoms with Crippen LogP contribution < -0.4 is 5.32 Å². The zero-order valence-electron chi connectivity index (χ0n) is 15.8. The quantitative estimate of drug-likeness (QED) is 0.607. The molecule has 0 aliphatic heterocycles. The van der Waals surface area contributed by atoms with Crippen LogP contribution in [-0.4, -0.2) is 27.6 Å². The number of nitrogens with zero attached hydrogens (tertiary/aromatic N) is 2. The first kappa shape index (κ1) is 20.6. The highest BCUT2D eigenvalue weighted by molar-refractivity contribution is 5.97. The number of imidazole rings is 1. The van der Waals surface area contributed by atoms with E-state index in [0.29, 0.717) is 23.3 Å². The van der Waals surface area contributed by atoms with Gasteiger partial charge in [0.25, 0.3) is 0 Å². The molecule has 2 aromatic heterocycles. The van der Waals surface area contributed by atoms with Crippen molar-refractivity contribution in [2.75, 3.05) is 6.54 Å². The first-order valence-corrected chi connectivity index (χ1v) is 9.14. The molecule has 0 saturated carbocycles. The van der Waals surface area contributed by atoms with Crippen LogP contribution in [0.5, 0.6) is 0 Å². The number of halogens is 3. The smallest absolute Gasteiger partial charge is 0.356 e. The van der Waals surface area contributed by atoms with Crippen LogP contribution in [0.2, 0.25) is 0 Å². The fourth-order valence-electron chi connectivity index (χ4n) is 2.86. The van der Waals surface area contributed by atoms with Crippen molar-refractivity contribution >= 4 is 17.3 Å². The number of carbonyl (C=O) groups is 2. The Balaban J connectivity index is 1.47. The summed E-state index contributed by atoms with van der Waals surface area (Å²) in [6.07, 6.45) is -1.35. The molecule has 3 aromatic rings. The standard InChI is InChI=1S/C21H20F3N3O2/c1-14-2-4-15(5-3-14)18(28)7-9-20(29)25-11-10-17-13-27-12-16(21(22,23)24)6-8-19(27)26-17/h2-6,8,12-13H,7,9-11H2,1H3,(H,25,29).